The minimum absolute atomic E-state index is 0.0981. The zero-order chi connectivity index (χ0) is 16.4. The Labute approximate surface area is 134 Å². The van der Waals surface area contributed by atoms with E-state index in [0.717, 1.165) is 25.9 Å². The second-order valence-electron chi connectivity index (χ2n) is 6.26. The van der Waals surface area contributed by atoms with Gasteiger partial charge in [-0.3, -0.25) is 14.9 Å². The van der Waals surface area contributed by atoms with Crippen molar-refractivity contribution in [1.29, 1.82) is 0 Å². The van der Waals surface area contributed by atoms with Crippen molar-refractivity contribution in [3.05, 3.63) is 35.4 Å². The van der Waals surface area contributed by atoms with Gasteiger partial charge in [-0.15, -0.1) is 0 Å². The SMILES string of the molecule is O=C1CCC(c2cccc(C(=O)O)c2)(C2CCNCC2)C(=O)N1. The van der Waals surface area contributed by atoms with Gasteiger partial charge in [0.15, 0.2) is 0 Å². The summed E-state index contributed by atoms with van der Waals surface area (Å²) >= 11 is 0. The highest BCUT2D eigenvalue weighted by Crippen LogP contribution is 2.43. The molecule has 1 aromatic carbocycles. The van der Waals surface area contributed by atoms with E-state index < -0.39 is 11.4 Å². The number of amides is 2. The van der Waals surface area contributed by atoms with Crippen molar-refractivity contribution in [3.63, 3.8) is 0 Å². The summed E-state index contributed by atoms with van der Waals surface area (Å²) in [5.41, 5.74) is 0.0522. The topological polar surface area (TPSA) is 95.5 Å². The molecule has 2 saturated heterocycles. The average molecular weight is 316 g/mol. The third-order valence-electron chi connectivity index (χ3n) is 5.07. The van der Waals surface area contributed by atoms with E-state index >= 15 is 0 Å². The van der Waals surface area contributed by atoms with Crippen LogP contribution in [0.1, 0.15) is 41.6 Å². The van der Waals surface area contributed by atoms with E-state index in [1.807, 2.05) is 6.07 Å². The molecule has 0 aliphatic carbocycles. The van der Waals surface area contributed by atoms with Gasteiger partial charge in [0.2, 0.25) is 11.8 Å². The molecule has 3 rings (SSSR count). The zero-order valence-electron chi connectivity index (χ0n) is 12.8. The average Bonchev–Trinajstić information content (AvgIpc) is 2.56. The van der Waals surface area contributed by atoms with E-state index in [2.05, 4.69) is 10.6 Å². The van der Waals surface area contributed by atoms with Crippen molar-refractivity contribution in [2.24, 2.45) is 5.92 Å². The van der Waals surface area contributed by atoms with E-state index in [0.29, 0.717) is 12.0 Å². The fraction of sp³-hybridized carbons (Fsp3) is 0.471. The first-order chi connectivity index (χ1) is 11.0. The molecular formula is C17H20N2O4. The van der Waals surface area contributed by atoms with E-state index in [9.17, 15) is 19.5 Å². The largest absolute Gasteiger partial charge is 0.478 e. The van der Waals surface area contributed by atoms with Crippen molar-refractivity contribution in [1.82, 2.24) is 10.6 Å². The molecule has 0 radical (unpaired) electrons. The molecule has 122 valence electrons. The van der Waals surface area contributed by atoms with Crippen molar-refractivity contribution < 1.29 is 19.5 Å². The number of benzene rings is 1. The summed E-state index contributed by atoms with van der Waals surface area (Å²) in [6.45, 7) is 1.65. The first-order valence-corrected chi connectivity index (χ1v) is 7.93. The summed E-state index contributed by atoms with van der Waals surface area (Å²) in [6, 6.07) is 6.59. The van der Waals surface area contributed by atoms with Gasteiger partial charge in [0.1, 0.15) is 0 Å². The Hall–Kier alpha value is -2.21. The molecule has 1 atom stereocenters. The van der Waals surface area contributed by atoms with Crippen LogP contribution in [0.15, 0.2) is 24.3 Å². The molecule has 1 aromatic rings. The monoisotopic (exact) mass is 316 g/mol. The molecule has 23 heavy (non-hydrogen) atoms. The number of carbonyl (C=O) groups is 3. The maximum atomic E-state index is 12.8. The quantitative estimate of drug-likeness (QED) is 0.725. The fourth-order valence-corrected chi connectivity index (χ4v) is 3.87. The number of hydrogen-bond donors (Lipinski definition) is 3. The summed E-state index contributed by atoms with van der Waals surface area (Å²) in [5, 5.41) is 15.0. The van der Waals surface area contributed by atoms with Crippen LogP contribution in [0.5, 0.6) is 0 Å². The van der Waals surface area contributed by atoms with Crippen LogP contribution < -0.4 is 10.6 Å². The molecule has 2 amide bonds. The van der Waals surface area contributed by atoms with Gasteiger partial charge >= 0.3 is 5.97 Å². The standard InChI is InChI=1S/C17H20N2O4/c20-14-4-7-17(16(23)19-14,12-5-8-18-9-6-12)13-3-1-2-11(10-13)15(21)22/h1-3,10,12,18H,4-9H2,(H,21,22)(H,19,20,23). The van der Waals surface area contributed by atoms with Crippen LogP contribution in [-0.2, 0) is 15.0 Å². The van der Waals surface area contributed by atoms with E-state index in [-0.39, 0.29) is 29.7 Å². The van der Waals surface area contributed by atoms with Crippen LogP contribution in [0.25, 0.3) is 0 Å². The lowest BCUT2D eigenvalue weighted by atomic mass is 9.62. The Bertz CT molecular complexity index is 652. The maximum absolute atomic E-state index is 12.8. The van der Waals surface area contributed by atoms with Crippen LogP contribution in [0, 0.1) is 5.92 Å². The predicted molar refractivity (Wildman–Crippen MR) is 83.1 cm³/mol. The van der Waals surface area contributed by atoms with Crippen molar-refractivity contribution in [2.75, 3.05) is 13.1 Å². The number of carbonyl (C=O) groups excluding carboxylic acids is 2. The molecule has 0 aromatic heterocycles. The molecule has 2 aliphatic heterocycles. The number of aromatic carboxylic acids is 1. The van der Waals surface area contributed by atoms with Crippen LogP contribution in [0.4, 0.5) is 0 Å². The highest BCUT2D eigenvalue weighted by molar-refractivity contribution is 6.04. The van der Waals surface area contributed by atoms with E-state index in [1.54, 1.807) is 12.1 Å². The molecule has 6 heteroatoms. The van der Waals surface area contributed by atoms with Crippen LogP contribution in [0.2, 0.25) is 0 Å². The number of carboxylic acid groups (broad SMARTS) is 1. The second kappa shape index (κ2) is 6.12. The van der Waals surface area contributed by atoms with Crippen molar-refractivity contribution in [3.8, 4) is 0 Å². The van der Waals surface area contributed by atoms with Gasteiger partial charge in [-0.2, -0.15) is 0 Å². The van der Waals surface area contributed by atoms with Crippen LogP contribution in [-0.4, -0.2) is 36.0 Å². The second-order valence-corrected chi connectivity index (χ2v) is 6.26. The summed E-state index contributed by atoms with van der Waals surface area (Å²) in [5.74, 6) is -1.46. The van der Waals surface area contributed by atoms with E-state index in [1.165, 1.54) is 6.07 Å². The molecule has 6 nitrogen and oxygen atoms in total. The highest BCUT2D eigenvalue weighted by atomic mass is 16.4. The van der Waals surface area contributed by atoms with Gasteiger partial charge in [-0.25, -0.2) is 4.79 Å². The molecule has 0 bridgehead atoms. The fourth-order valence-electron chi connectivity index (χ4n) is 3.87. The lowest BCUT2D eigenvalue weighted by Crippen LogP contribution is -2.57. The number of nitrogens with one attached hydrogen (secondary N) is 2. The first kappa shape index (κ1) is 15.7. The van der Waals surface area contributed by atoms with E-state index in [4.69, 9.17) is 0 Å². The minimum atomic E-state index is -1.01. The third kappa shape index (κ3) is 2.74. The molecule has 1 unspecified atom stereocenters. The molecular weight excluding hydrogens is 296 g/mol. The molecule has 0 saturated carbocycles. The Morgan fingerprint density at radius 1 is 1.22 bits per heavy atom. The van der Waals surface area contributed by atoms with Gasteiger partial charge in [-0.1, -0.05) is 12.1 Å². The summed E-state index contributed by atoms with van der Waals surface area (Å²) in [6.07, 6.45) is 2.39. The molecule has 2 heterocycles. The molecule has 3 N–H and O–H groups in total. The first-order valence-electron chi connectivity index (χ1n) is 7.93. The summed E-state index contributed by atoms with van der Waals surface area (Å²) in [4.78, 5) is 35.7. The summed E-state index contributed by atoms with van der Waals surface area (Å²) < 4.78 is 0. The van der Waals surface area contributed by atoms with Gasteiger partial charge in [0.25, 0.3) is 0 Å². The van der Waals surface area contributed by atoms with Crippen molar-refractivity contribution in [2.45, 2.75) is 31.1 Å². The lowest BCUT2D eigenvalue weighted by Gasteiger charge is -2.44. The predicted octanol–water partition coefficient (Wildman–Crippen LogP) is 1.06. The Morgan fingerprint density at radius 3 is 2.61 bits per heavy atom. The zero-order valence-corrected chi connectivity index (χ0v) is 12.8. The number of rotatable bonds is 3. The molecule has 0 spiro atoms. The third-order valence-corrected chi connectivity index (χ3v) is 5.07. The summed E-state index contributed by atoms with van der Waals surface area (Å²) in [7, 11) is 0. The van der Waals surface area contributed by atoms with Crippen LogP contribution >= 0.6 is 0 Å². The minimum Gasteiger partial charge on any atom is -0.478 e. The lowest BCUT2D eigenvalue weighted by molar-refractivity contribution is -0.140. The van der Waals surface area contributed by atoms with Crippen LogP contribution in [0.3, 0.4) is 0 Å². The maximum Gasteiger partial charge on any atom is 0.335 e. The molecule has 2 aliphatic rings. The van der Waals surface area contributed by atoms with Gasteiger partial charge in [-0.05, 0) is 56.0 Å². The number of carboxylic acids is 1. The van der Waals surface area contributed by atoms with Gasteiger partial charge < -0.3 is 10.4 Å². The normalized spacial score (nSPS) is 25.9. The Morgan fingerprint density at radius 2 is 1.96 bits per heavy atom. The van der Waals surface area contributed by atoms with Gasteiger partial charge in [0, 0.05) is 6.42 Å². The number of hydrogen-bond acceptors (Lipinski definition) is 4. The number of imide groups is 1. The van der Waals surface area contributed by atoms with Crippen molar-refractivity contribution >= 4 is 17.8 Å². The number of piperidine rings is 2. The highest BCUT2D eigenvalue weighted by Gasteiger charge is 2.50. The smallest absolute Gasteiger partial charge is 0.335 e. The Kier molecular flexibility index (Phi) is 4.17. The van der Waals surface area contributed by atoms with Gasteiger partial charge in [0.05, 0.1) is 11.0 Å². The molecule has 2 fully saturated rings. The Balaban J connectivity index is 2.08.